The molecule has 1 N–H and O–H groups in total. The number of hydrogen-bond acceptors (Lipinski definition) is 6. The number of ether oxygens (including phenoxy) is 2. The summed E-state index contributed by atoms with van der Waals surface area (Å²) in [6, 6.07) is 0. The van der Waals surface area contributed by atoms with Crippen molar-refractivity contribution < 1.29 is 29.0 Å². The Morgan fingerprint density at radius 1 is 1.29 bits per heavy atom. The smallest absolute Gasteiger partial charge is 0.313 e. The number of carbonyl (C=O) groups excluding carboxylic acids is 3. The molecule has 2 aliphatic carbocycles. The molecule has 1 aliphatic heterocycles. The molecular weight excluding hydrogens is 434 g/mol. The average molecular weight is 476 g/mol. The van der Waals surface area contributed by atoms with Crippen LogP contribution in [0, 0.1) is 29.1 Å². The molecule has 1 unspecified atom stereocenters. The van der Waals surface area contributed by atoms with E-state index in [4.69, 9.17) is 9.47 Å². The van der Waals surface area contributed by atoms with Crippen LogP contribution in [0.1, 0.15) is 72.6 Å². The third-order valence-corrected chi connectivity index (χ3v) is 7.98. The number of rotatable bonds is 8. The first-order valence-electron chi connectivity index (χ1n) is 12.7. The van der Waals surface area contributed by atoms with E-state index < -0.39 is 11.5 Å². The highest BCUT2D eigenvalue weighted by Gasteiger charge is 2.42. The fourth-order valence-electron chi connectivity index (χ4n) is 5.41. The highest BCUT2D eigenvalue weighted by atomic mass is 16.6. The van der Waals surface area contributed by atoms with Gasteiger partial charge in [-0.1, -0.05) is 32.1 Å². The molecule has 7 heteroatoms. The van der Waals surface area contributed by atoms with Crippen LogP contribution in [0.3, 0.4) is 0 Å². The van der Waals surface area contributed by atoms with Crippen molar-refractivity contribution >= 4 is 17.8 Å². The molecular formula is C27H41NO6. The number of aliphatic hydroxyl groups is 1. The molecule has 0 aromatic carbocycles. The van der Waals surface area contributed by atoms with Crippen molar-refractivity contribution in [2.24, 2.45) is 29.1 Å². The minimum atomic E-state index is -0.636. The quantitative estimate of drug-likeness (QED) is 0.421. The second-order valence-electron chi connectivity index (χ2n) is 10.9. The maximum Gasteiger partial charge on any atom is 0.313 e. The van der Waals surface area contributed by atoms with Gasteiger partial charge in [0.25, 0.3) is 0 Å². The van der Waals surface area contributed by atoms with Crippen molar-refractivity contribution in [3.05, 3.63) is 23.8 Å². The van der Waals surface area contributed by atoms with Gasteiger partial charge >= 0.3 is 11.9 Å². The van der Waals surface area contributed by atoms with Crippen LogP contribution in [-0.2, 0) is 23.9 Å². The van der Waals surface area contributed by atoms with Crippen LogP contribution < -0.4 is 0 Å². The van der Waals surface area contributed by atoms with Gasteiger partial charge in [-0.05, 0) is 69.3 Å². The first-order chi connectivity index (χ1) is 16.0. The van der Waals surface area contributed by atoms with Crippen LogP contribution in [0.4, 0.5) is 0 Å². The molecule has 3 rings (SSSR count). The van der Waals surface area contributed by atoms with Crippen molar-refractivity contribution in [3.8, 4) is 0 Å². The standard InChI is InChI=1S/C27H41NO6/c1-6-27(3,4)26(32)33-16-28(5)25(31)22-9-7-8-18-11-10-17(2)21(24(18)22)13-12-20-14-19(29)15-23(30)34-20/h8,10-11,17,19-22,24,29H,6-7,9,12-16H2,1-5H3/t17-,19+,20+,21?,22-,24+/m0/s1. The second-order valence-corrected chi connectivity index (χ2v) is 10.9. The number of hydrogen-bond donors (Lipinski definition) is 1. The molecule has 1 fully saturated rings. The number of fused-ring (bicyclic) bond motifs is 1. The van der Waals surface area contributed by atoms with Gasteiger partial charge in [-0.3, -0.25) is 14.4 Å². The SMILES string of the molecule is CCC(C)(C)C(=O)OCN(C)C(=O)[C@H]1CCC=C2C=C[C@H](C)C(CC[C@@H]3C[C@@H](O)CC(=O)O3)[C@@H]21. The number of aliphatic hydroxyl groups excluding tert-OH is 1. The molecule has 0 bridgehead atoms. The van der Waals surface area contributed by atoms with Crippen molar-refractivity contribution in [3.63, 3.8) is 0 Å². The fraction of sp³-hybridized carbons (Fsp3) is 0.741. The molecule has 0 saturated carbocycles. The lowest BCUT2D eigenvalue weighted by Crippen LogP contribution is -2.44. The topological polar surface area (TPSA) is 93.1 Å². The van der Waals surface area contributed by atoms with E-state index in [1.165, 1.54) is 10.5 Å². The number of allylic oxidation sites excluding steroid dienone is 4. The number of amides is 1. The molecule has 3 aliphatic rings. The third-order valence-electron chi connectivity index (χ3n) is 7.98. The monoisotopic (exact) mass is 475 g/mol. The molecule has 6 atom stereocenters. The maximum atomic E-state index is 13.5. The predicted molar refractivity (Wildman–Crippen MR) is 128 cm³/mol. The summed E-state index contributed by atoms with van der Waals surface area (Å²) in [6.45, 7) is 7.76. The largest absolute Gasteiger partial charge is 0.462 e. The van der Waals surface area contributed by atoms with Gasteiger partial charge in [-0.2, -0.15) is 0 Å². The zero-order valence-corrected chi connectivity index (χ0v) is 21.3. The first kappa shape index (κ1) is 26.5. The Morgan fingerprint density at radius 2 is 2.03 bits per heavy atom. The van der Waals surface area contributed by atoms with Gasteiger partial charge in [0.1, 0.15) is 6.10 Å². The van der Waals surface area contributed by atoms with Crippen LogP contribution in [0.2, 0.25) is 0 Å². The van der Waals surface area contributed by atoms with E-state index in [1.807, 2.05) is 20.8 Å². The lowest BCUT2D eigenvalue weighted by molar-refractivity contribution is -0.162. The van der Waals surface area contributed by atoms with Crippen molar-refractivity contribution in [1.29, 1.82) is 0 Å². The summed E-state index contributed by atoms with van der Waals surface area (Å²) in [7, 11) is 1.70. The van der Waals surface area contributed by atoms with Gasteiger partial charge in [-0.25, -0.2) is 0 Å². The van der Waals surface area contributed by atoms with Gasteiger partial charge in [-0.15, -0.1) is 0 Å². The van der Waals surface area contributed by atoms with Gasteiger partial charge in [0.05, 0.1) is 17.9 Å². The molecule has 0 radical (unpaired) electrons. The van der Waals surface area contributed by atoms with Crippen molar-refractivity contribution in [1.82, 2.24) is 4.90 Å². The van der Waals surface area contributed by atoms with E-state index in [2.05, 4.69) is 25.2 Å². The van der Waals surface area contributed by atoms with Crippen LogP contribution >= 0.6 is 0 Å². The minimum Gasteiger partial charge on any atom is -0.462 e. The van der Waals surface area contributed by atoms with Crippen LogP contribution in [0.25, 0.3) is 0 Å². The molecule has 1 saturated heterocycles. The van der Waals surface area contributed by atoms with E-state index in [1.54, 1.807) is 7.05 Å². The molecule has 0 spiro atoms. The Hall–Kier alpha value is -2.15. The highest BCUT2D eigenvalue weighted by molar-refractivity contribution is 5.80. The first-order valence-corrected chi connectivity index (χ1v) is 12.7. The lowest BCUT2D eigenvalue weighted by atomic mass is 9.63. The number of esters is 2. The Labute approximate surface area is 203 Å². The third kappa shape index (κ3) is 6.09. The molecule has 7 nitrogen and oxygen atoms in total. The summed E-state index contributed by atoms with van der Waals surface area (Å²) in [5.74, 6) is -0.212. The summed E-state index contributed by atoms with van der Waals surface area (Å²) in [4.78, 5) is 39.2. The summed E-state index contributed by atoms with van der Waals surface area (Å²) < 4.78 is 10.9. The van der Waals surface area contributed by atoms with Crippen LogP contribution in [-0.4, -0.2) is 53.8 Å². The van der Waals surface area contributed by atoms with Crippen LogP contribution in [0.15, 0.2) is 23.8 Å². The maximum absolute atomic E-state index is 13.5. The number of carbonyl (C=O) groups is 3. The minimum absolute atomic E-state index is 0.00437. The Kier molecular flexibility index (Phi) is 8.61. The Balaban J connectivity index is 1.68. The van der Waals surface area contributed by atoms with E-state index in [0.29, 0.717) is 19.3 Å². The average Bonchev–Trinajstić information content (AvgIpc) is 2.80. The summed E-state index contributed by atoms with van der Waals surface area (Å²) >= 11 is 0. The summed E-state index contributed by atoms with van der Waals surface area (Å²) in [5, 5.41) is 9.95. The predicted octanol–water partition coefficient (Wildman–Crippen LogP) is 4.00. The van der Waals surface area contributed by atoms with E-state index in [0.717, 1.165) is 19.3 Å². The molecule has 1 amide bonds. The number of cyclic esters (lactones) is 1. The highest BCUT2D eigenvalue weighted by Crippen LogP contribution is 2.46. The zero-order chi connectivity index (χ0) is 25.0. The zero-order valence-electron chi connectivity index (χ0n) is 21.3. The number of nitrogens with zero attached hydrogens (tertiary/aromatic N) is 1. The van der Waals surface area contributed by atoms with E-state index in [-0.39, 0.29) is 60.8 Å². The van der Waals surface area contributed by atoms with Crippen molar-refractivity contribution in [2.45, 2.75) is 84.8 Å². The lowest BCUT2D eigenvalue weighted by Gasteiger charge is -2.43. The van der Waals surface area contributed by atoms with Gasteiger partial charge in [0.15, 0.2) is 6.73 Å². The molecule has 190 valence electrons. The normalized spacial score (nSPS) is 31.2. The van der Waals surface area contributed by atoms with E-state index in [9.17, 15) is 19.5 Å². The molecule has 34 heavy (non-hydrogen) atoms. The summed E-state index contributed by atoms with van der Waals surface area (Å²) in [5.41, 5.74) is 0.626. The Morgan fingerprint density at radius 3 is 2.71 bits per heavy atom. The summed E-state index contributed by atoms with van der Waals surface area (Å²) in [6.07, 6.45) is 9.99. The molecule has 0 aromatic rings. The van der Waals surface area contributed by atoms with Gasteiger partial charge in [0.2, 0.25) is 5.91 Å². The van der Waals surface area contributed by atoms with Gasteiger partial charge < -0.3 is 19.5 Å². The van der Waals surface area contributed by atoms with Crippen LogP contribution in [0.5, 0.6) is 0 Å². The fourth-order valence-corrected chi connectivity index (χ4v) is 5.41. The van der Waals surface area contributed by atoms with E-state index >= 15 is 0 Å². The molecule has 1 heterocycles. The van der Waals surface area contributed by atoms with Gasteiger partial charge in [0, 0.05) is 19.4 Å². The Bertz CT molecular complexity index is 831. The molecule has 0 aromatic heterocycles. The van der Waals surface area contributed by atoms with Crippen molar-refractivity contribution in [2.75, 3.05) is 13.8 Å². The second kappa shape index (κ2) is 11.1.